The summed E-state index contributed by atoms with van der Waals surface area (Å²) in [6.07, 6.45) is -6.98. The molecule has 47 heavy (non-hydrogen) atoms. The number of amidine groups is 1. The van der Waals surface area contributed by atoms with Gasteiger partial charge in [-0.05, 0) is 37.6 Å². The Hall–Kier alpha value is -5.55. The van der Waals surface area contributed by atoms with Crippen LogP contribution >= 0.6 is 0 Å². The van der Waals surface area contributed by atoms with Crippen molar-refractivity contribution in [2.75, 3.05) is 17.7 Å². The zero-order valence-corrected chi connectivity index (χ0v) is 24.9. The van der Waals surface area contributed by atoms with Gasteiger partial charge in [0.05, 0.1) is 17.5 Å². The molecule has 0 saturated carbocycles. The van der Waals surface area contributed by atoms with E-state index in [0.717, 1.165) is 22.3 Å². The molecule has 7 N–H and O–H groups in total. The number of halogens is 6. The van der Waals surface area contributed by atoms with E-state index in [-0.39, 0.29) is 47.8 Å². The molecule has 3 rings (SSSR count). The van der Waals surface area contributed by atoms with E-state index in [2.05, 4.69) is 27.4 Å². The third-order valence-electron chi connectivity index (χ3n) is 5.70. The molecular formula is C29H31F6N7O5. The maximum absolute atomic E-state index is 13.4. The summed E-state index contributed by atoms with van der Waals surface area (Å²) in [7, 11) is 0. The topological polar surface area (TPSA) is 187 Å². The van der Waals surface area contributed by atoms with E-state index in [1.807, 2.05) is 0 Å². The fraction of sp³-hybridized carbons (Fsp3) is 0.276. The molecule has 12 nitrogen and oxygen atoms in total. The van der Waals surface area contributed by atoms with Crippen molar-refractivity contribution in [3.8, 4) is 11.3 Å². The number of benzene rings is 2. The Balaban J connectivity index is 0.000000984. The minimum atomic E-state index is -5.08. The zero-order chi connectivity index (χ0) is 35.5. The lowest BCUT2D eigenvalue weighted by molar-refractivity contribution is -0.192. The van der Waals surface area contributed by atoms with Crippen LogP contribution in [0.4, 0.5) is 37.8 Å². The Morgan fingerprint density at radius 2 is 1.74 bits per heavy atom. The number of anilines is 2. The fourth-order valence-corrected chi connectivity index (χ4v) is 3.62. The molecule has 0 fully saturated rings. The highest BCUT2D eigenvalue weighted by atomic mass is 19.4. The minimum Gasteiger partial charge on any atom is -0.475 e. The van der Waals surface area contributed by atoms with Crippen molar-refractivity contribution < 1.29 is 45.9 Å². The average molecular weight is 672 g/mol. The zero-order valence-electron chi connectivity index (χ0n) is 24.9. The molecule has 0 bridgehead atoms. The van der Waals surface area contributed by atoms with Crippen molar-refractivity contribution in [1.82, 2.24) is 14.9 Å². The van der Waals surface area contributed by atoms with Crippen LogP contribution in [0.2, 0.25) is 0 Å². The molecule has 0 radical (unpaired) electrons. The molecule has 254 valence electrons. The lowest BCUT2D eigenvalue weighted by atomic mass is 10.1. The van der Waals surface area contributed by atoms with Crippen LogP contribution in [0.25, 0.3) is 11.3 Å². The Kier molecular flexibility index (Phi) is 12.9. The van der Waals surface area contributed by atoms with Crippen molar-refractivity contribution in [2.24, 2.45) is 10.9 Å². The molecule has 0 atom stereocenters. The molecule has 1 amide bonds. The number of carbonyl (C=O) groups is 2. The van der Waals surface area contributed by atoms with Crippen molar-refractivity contribution in [3.63, 3.8) is 0 Å². The van der Waals surface area contributed by atoms with E-state index >= 15 is 0 Å². The number of hydrogen-bond donors (Lipinski definition) is 5. The fourth-order valence-electron chi connectivity index (χ4n) is 3.62. The van der Waals surface area contributed by atoms with Crippen LogP contribution in [0.5, 0.6) is 0 Å². The van der Waals surface area contributed by atoms with Crippen molar-refractivity contribution >= 4 is 29.2 Å². The molecule has 3 aromatic rings. The van der Waals surface area contributed by atoms with Gasteiger partial charge < -0.3 is 32.0 Å². The Bertz CT molecular complexity index is 1650. The maximum atomic E-state index is 13.4. The summed E-state index contributed by atoms with van der Waals surface area (Å²) in [6, 6.07) is 9.63. The molecule has 1 heterocycles. The van der Waals surface area contributed by atoms with Gasteiger partial charge in [0.25, 0.3) is 5.56 Å². The van der Waals surface area contributed by atoms with E-state index in [4.69, 9.17) is 26.2 Å². The molecule has 0 aliphatic carbocycles. The molecular weight excluding hydrogens is 640 g/mol. The first-order valence-electron chi connectivity index (χ1n) is 13.4. The van der Waals surface area contributed by atoms with E-state index in [9.17, 15) is 35.9 Å². The van der Waals surface area contributed by atoms with Crippen LogP contribution in [0.15, 0.2) is 71.3 Å². The predicted molar refractivity (Wildman–Crippen MR) is 161 cm³/mol. The third-order valence-corrected chi connectivity index (χ3v) is 5.70. The lowest BCUT2D eigenvalue weighted by Crippen LogP contribution is -2.35. The quantitative estimate of drug-likeness (QED) is 0.0381. The first-order valence-corrected chi connectivity index (χ1v) is 13.4. The van der Waals surface area contributed by atoms with Gasteiger partial charge in [-0.1, -0.05) is 42.1 Å². The number of oxime groups is 1. The Morgan fingerprint density at radius 1 is 1.13 bits per heavy atom. The van der Waals surface area contributed by atoms with Crippen LogP contribution in [-0.2, 0) is 33.7 Å². The number of aliphatic carboxylic acids is 1. The van der Waals surface area contributed by atoms with Crippen LogP contribution < -0.4 is 27.7 Å². The van der Waals surface area contributed by atoms with Gasteiger partial charge in [-0.25, -0.2) is 9.78 Å². The summed E-state index contributed by atoms with van der Waals surface area (Å²) in [5, 5.41) is 16.5. The number of hydrogen-bond acceptors (Lipinski definition) is 8. The third kappa shape index (κ3) is 11.7. The highest BCUT2D eigenvalue weighted by Crippen LogP contribution is 2.34. The monoisotopic (exact) mass is 671 g/mol. The number of carbonyl (C=O) groups excluding carboxylic acids is 1. The number of nitrogen functional groups attached to an aromatic ring is 1. The van der Waals surface area contributed by atoms with E-state index in [1.54, 1.807) is 38.1 Å². The van der Waals surface area contributed by atoms with Crippen LogP contribution in [0.1, 0.15) is 30.5 Å². The minimum absolute atomic E-state index is 0.00467. The number of carboxylic acid groups (broad SMARTS) is 1. The average Bonchev–Trinajstić information content (AvgIpc) is 2.97. The molecule has 0 unspecified atom stereocenters. The number of nitrogens with one attached hydrogen (secondary N) is 2. The summed E-state index contributed by atoms with van der Waals surface area (Å²) < 4.78 is 73.1. The highest BCUT2D eigenvalue weighted by Gasteiger charge is 2.38. The first-order chi connectivity index (χ1) is 21.8. The van der Waals surface area contributed by atoms with Gasteiger partial charge in [-0.2, -0.15) is 26.3 Å². The van der Waals surface area contributed by atoms with Crippen LogP contribution in [-0.4, -0.2) is 51.2 Å². The highest BCUT2D eigenvalue weighted by molar-refractivity contribution is 5.97. The standard InChI is InChI=1S/C27H30F3N7O3.C2HF3O2/c1-4-9-40-36-24(32)18-7-5-17(6-8-18)13-33-23(38)15-37-22(14-34-25(26(37)39)35-16(2)3)19-10-20(27(28,29)30)12-21(31)11-19;3-2(4,5)1(6)7/h4-8,10-12,14,16H,1,9,13,15,31H2,2-3H3,(H2,32,36)(H,33,38)(H,34,35);(H,6,7). The number of nitrogens with two attached hydrogens (primary N) is 2. The molecule has 0 saturated heterocycles. The second-order valence-corrected chi connectivity index (χ2v) is 9.86. The van der Waals surface area contributed by atoms with Crippen molar-refractivity contribution in [2.45, 2.75) is 45.3 Å². The summed E-state index contributed by atoms with van der Waals surface area (Å²) in [5.74, 6) is -3.18. The molecule has 0 aliphatic rings. The van der Waals surface area contributed by atoms with E-state index < -0.39 is 41.9 Å². The molecule has 0 aliphatic heterocycles. The summed E-state index contributed by atoms with van der Waals surface area (Å²) >= 11 is 0. The number of amides is 1. The smallest absolute Gasteiger partial charge is 0.475 e. The number of carboxylic acids is 1. The lowest BCUT2D eigenvalue weighted by Gasteiger charge is -2.17. The van der Waals surface area contributed by atoms with Gasteiger partial charge in [0, 0.05) is 29.4 Å². The van der Waals surface area contributed by atoms with E-state index in [1.165, 1.54) is 18.3 Å². The normalized spacial score (nSPS) is 11.7. The van der Waals surface area contributed by atoms with Gasteiger partial charge in [-0.15, -0.1) is 0 Å². The SMILES string of the molecule is C=CCO/N=C(\N)c1ccc(CNC(=O)Cn2c(-c3cc(N)cc(C(F)(F)F)c3)cnc(NC(C)C)c2=O)cc1.O=C(O)C(F)(F)F. The molecule has 0 spiro atoms. The maximum Gasteiger partial charge on any atom is 0.490 e. The molecule has 1 aromatic heterocycles. The Morgan fingerprint density at radius 3 is 2.28 bits per heavy atom. The van der Waals surface area contributed by atoms with Crippen LogP contribution in [0, 0.1) is 0 Å². The summed E-state index contributed by atoms with van der Waals surface area (Å²) in [5.41, 5.74) is 11.1. The van der Waals surface area contributed by atoms with Gasteiger partial charge in [0.15, 0.2) is 11.7 Å². The van der Waals surface area contributed by atoms with Crippen LogP contribution in [0.3, 0.4) is 0 Å². The van der Waals surface area contributed by atoms with Crippen molar-refractivity contribution in [3.05, 3.63) is 88.4 Å². The van der Waals surface area contributed by atoms with Gasteiger partial charge in [-0.3, -0.25) is 14.2 Å². The second kappa shape index (κ2) is 16.1. The Labute approximate surface area is 263 Å². The summed E-state index contributed by atoms with van der Waals surface area (Å²) in [6.45, 7) is 6.95. The molecule has 18 heteroatoms. The number of aromatic nitrogens is 2. The number of alkyl halides is 6. The summed E-state index contributed by atoms with van der Waals surface area (Å²) in [4.78, 5) is 44.1. The second-order valence-electron chi connectivity index (χ2n) is 9.86. The largest absolute Gasteiger partial charge is 0.490 e. The van der Waals surface area contributed by atoms with Gasteiger partial charge >= 0.3 is 18.3 Å². The number of nitrogens with zero attached hydrogens (tertiary/aromatic N) is 3. The van der Waals surface area contributed by atoms with E-state index in [0.29, 0.717) is 5.56 Å². The molecule has 2 aromatic carbocycles. The first kappa shape index (κ1) is 37.6. The predicted octanol–water partition coefficient (Wildman–Crippen LogP) is 4.10. The van der Waals surface area contributed by atoms with Gasteiger partial charge in [0.1, 0.15) is 13.2 Å². The van der Waals surface area contributed by atoms with Crippen molar-refractivity contribution in [1.29, 1.82) is 0 Å². The number of rotatable bonds is 11. The van der Waals surface area contributed by atoms with Gasteiger partial charge in [0.2, 0.25) is 5.91 Å².